The first-order valence-corrected chi connectivity index (χ1v) is 9.04. The van der Waals surface area contributed by atoms with Gasteiger partial charge in [-0.2, -0.15) is 0 Å². The quantitative estimate of drug-likeness (QED) is 0.600. The second kappa shape index (κ2) is 9.35. The molecule has 0 radical (unpaired) electrons. The molecule has 1 aromatic heterocycles. The van der Waals surface area contributed by atoms with Crippen LogP contribution in [-0.4, -0.2) is 34.3 Å². The maximum Gasteiger partial charge on any atom is 0.303 e. The summed E-state index contributed by atoms with van der Waals surface area (Å²) in [6.45, 7) is 1.83. The Hall–Kier alpha value is -0.980. The normalized spacial score (nSPS) is 21.3. The third-order valence-electron chi connectivity index (χ3n) is 4.60. The topological polar surface area (TPSA) is 82.5 Å². The number of pyridine rings is 1. The standard InChI is InChI=1S/C17H25BrN2O3/c18-15-8-14(11-21)16(20-10-15)5-6-19-9-13-3-1-12(2-4-13)7-17(22)23/h8,10,12-13,19,21H,1-7,9,11H2,(H,22,23). The summed E-state index contributed by atoms with van der Waals surface area (Å²) < 4.78 is 0.886. The van der Waals surface area contributed by atoms with Crippen LogP contribution in [0.25, 0.3) is 0 Å². The molecule has 0 bridgehead atoms. The molecule has 0 aromatic carbocycles. The van der Waals surface area contributed by atoms with E-state index in [1.165, 1.54) is 0 Å². The van der Waals surface area contributed by atoms with E-state index >= 15 is 0 Å². The number of aliphatic carboxylic acids is 1. The summed E-state index contributed by atoms with van der Waals surface area (Å²) in [5.74, 6) is 0.339. The number of nitrogens with zero attached hydrogens (tertiary/aromatic N) is 1. The van der Waals surface area contributed by atoms with Crippen molar-refractivity contribution in [2.24, 2.45) is 11.8 Å². The number of aliphatic hydroxyl groups is 1. The zero-order chi connectivity index (χ0) is 16.7. The predicted octanol–water partition coefficient (Wildman–Crippen LogP) is 2.75. The van der Waals surface area contributed by atoms with Crippen molar-refractivity contribution in [1.29, 1.82) is 0 Å². The third-order valence-corrected chi connectivity index (χ3v) is 5.03. The van der Waals surface area contributed by atoms with E-state index in [9.17, 15) is 9.90 Å². The summed E-state index contributed by atoms with van der Waals surface area (Å²) in [7, 11) is 0. The van der Waals surface area contributed by atoms with E-state index in [1.54, 1.807) is 6.20 Å². The van der Waals surface area contributed by atoms with Gasteiger partial charge in [0.15, 0.2) is 0 Å². The van der Waals surface area contributed by atoms with Gasteiger partial charge in [0.2, 0.25) is 0 Å². The first kappa shape index (κ1) is 18.4. The molecule has 6 heteroatoms. The molecule has 1 saturated carbocycles. The average molecular weight is 385 g/mol. The van der Waals surface area contributed by atoms with Crippen LogP contribution in [-0.2, 0) is 17.8 Å². The first-order chi connectivity index (χ1) is 11.1. The molecule has 128 valence electrons. The Morgan fingerprint density at radius 3 is 2.65 bits per heavy atom. The molecular weight excluding hydrogens is 360 g/mol. The lowest BCUT2D eigenvalue weighted by Gasteiger charge is -2.27. The molecule has 1 heterocycles. The Labute approximate surface area is 145 Å². The van der Waals surface area contributed by atoms with Crippen LogP contribution in [0.15, 0.2) is 16.7 Å². The number of rotatable bonds is 8. The van der Waals surface area contributed by atoms with Crippen LogP contribution in [0, 0.1) is 11.8 Å². The first-order valence-electron chi connectivity index (χ1n) is 8.25. The van der Waals surface area contributed by atoms with Crippen molar-refractivity contribution in [3.63, 3.8) is 0 Å². The van der Waals surface area contributed by atoms with Gasteiger partial charge in [-0.1, -0.05) is 0 Å². The Kier molecular flexibility index (Phi) is 7.46. The number of carboxylic acid groups (broad SMARTS) is 1. The molecular formula is C17H25BrN2O3. The van der Waals surface area contributed by atoms with Crippen LogP contribution in [0.2, 0.25) is 0 Å². The summed E-state index contributed by atoms with van der Waals surface area (Å²) >= 11 is 3.36. The Morgan fingerprint density at radius 2 is 2.00 bits per heavy atom. The van der Waals surface area contributed by atoms with Crippen molar-refractivity contribution < 1.29 is 15.0 Å². The number of nitrogens with one attached hydrogen (secondary N) is 1. The number of carboxylic acids is 1. The molecule has 3 N–H and O–H groups in total. The van der Waals surface area contributed by atoms with Gasteiger partial charge in [0.25, 0.3) is 0 Å². The van der Waals surface area contributed by atoms with Gasteiger partial charge in [-0.05, 0) is 66.1 Å². The summed E-state index contributed by atoms with van der Waals surface area (Å²) in [6.07, 6.45) is 7.17. The van der Waals surface area contributed by atoms with Crippen molar-refractivity contribution in [2.45, 2.75) is 45.1 Å². The van der Waals surface area contributed by atoms with Crippen molar-refractivity contribution >= 4 is 21.9 Å². The maximum atomic E-state index is 10.7. The van der Waals surface area contributed by atoms with Crippen LogP contribution >= 0.6 is 15.9 Å². The zero-order valence-corrected chi connectivity index (χ0v) is 14.9. The fourth-order valence-corrected chi connectivity index (χ4v) is 3.65. The van der Waals surface area contributed by atoms with E-state index in [1.807, 2.05) is 6.07 Å². The molecule has 5 nitrogen and oxygen atoms in total. The Morgan fingerprint density at radius 1 is 1.30 bits per heavy atom. The molecule has 0 amide bonds. The fourth-order valence-electron chi connectivity index (χ4n) is 3.27. The van der Waals surface area contributed by atoms with Crippen LogP contribution < -0.4 is 5.32 Å². The number of aliphatic hydroxyl groups excluding tert-OH is 1. The predicted molar refractivity (Wildman–Crippen MR) is 92.1 cm³/mol. The average Bonchev–Trinajstić information content (AvgIpc) is 2.53. The molecule has 0 aliphatic heterocycles. The van der Waals surface area contributed by atoms with E-state index in [4.69, 9.17) is 5.11 Å². The summed E-state index contributed by atoms with van der Waals surface area (Å²) in [5, 5.41) is 21.7. The Balaban J connectivity index is 1.66. The molecule has 1 aromatic rings. The highest BCUT2D eigenvalue weighted by Gasteiger charge is 2.22. The Bertz CT molecular complexity index is 517. The molecule has 23 heavy (non-hydrogen) atoms. The second-order valence-corrected chi connectivity index (χ2v) is 7.27. The van der Waals surface area contributed by atoms with E-state index in [-0.39, 0.29) is 6.61 Å². The van der Waals surface area contributed by atoms with Crippen molar-refractivity contribution in [2.75, 3.05) is 13.1 Å². The van der Waals surface area contributed by atoms with Gasteiger partial charge in [-0.25, -0.2) is 0 Å². The highest BCUT2D eigenvalue weighted by atomic mass is 79.9. The van der Waals surface area contributed by atoms with E-state index < -0.39 is 5.97 Å². The van der Waals surface area contributed by atoms with E-state index in [0.717, 1.165) is 60.9 Å². The maximum absolute atomic E-state index is 10.7. The van der Waals surface area contributed by atoms with Crippen LogP contribution in [0.3, 0.4) is 0 Å². The minimum atomic E-state index is -0.673. The number of aromatic nitrogens is 1. The molecule has 1 aliphatic carbocycles. The molecule has 0 unspecified atom stereocenters. The largest absolute Gasteiger partial charge is 0.481 e. The highest BCUT2D eigenvalue weighted by Crippen LogP contribution is 2.30. The molecule has 2 rings (SSSR count). The van der Waals surface area contributed by atoms with Gasteiger partial charge in [-0.3, -0.25) is 9.78 Å². The minimum absolute atomic E-state index is 0.00929. The fraction of sp³-hybridized carbons (Fsp3) is 0.647. The van der Waals surface area contributed by atoms with Crippen LogP contribution in [0.1, 0.15) is 43.4 Å². The lowest BCUT2D eigenvalue weighted by Crippen LogP contribution is -2.28. The second-order valence-electron chi connectivity index (χ2n) is 6.36. The van der Waals surface area contributed by atoms with Gasteiger partial charge in [0, 0.05) is 41.3 Å². The van der Waals surface area contributed by atoms with E-state index in [0.29, 0.717) is 18.3 Å². The molecule has 0 atom stereocenters. The summed E-state index contributed by atoms with van der Waals surface area (Å²) in [5.41, 5.74) is 1.81. The van der Waals surface area contributed by atoms with E-state index in [2.05, 4.69) is 26.2 Å². The number of halogens is 1. The van der Waals surface area contributed by atoms with Gasteiger partial charge in [0.1, 0.15) is 0 Å². The van der Waals surface area contributed by atoms with Gasteiger partial charge < -0.3 is 15.5 Å². The lowest BCUT2D eigenvalue weighted by molar-refractivity contribution is -0.138. The van der Waals surface area contributed by atoms with Crippen LogP contribution in [0.4, 0.5) is 0 Å². The van der Waals surface area contributed by atoms with Gasteiger partial charge in [0.05, 0.1) is 6.61 Å². The number of hydrogen-bond acceptors (Lipinski definition) is 4. The molecule has 1 aliphatic rings. The van der Waals surface area contributed by atoms with Crippen LogP contribution in [0.5, 0.6) is 0 Å². The van der Waals surface area contributed by atoms with Crippen molar-refractivity contribution in [3.05, 3.63) is 28.0 Å². The zero-order valence-electron chi connectivity index (χ0n) is 13.3. The van der Waals surface area contributed by atoms with Gasteiger partial charge >= 0.3 is 5.97 Å². The molecule has 0 spiro atoms. The molecule has 0 saturated heterocycles. The van der Waals surface area contributed by atoms with Gasteiger partial charge in [-0.15, -0.1) is 0 Å². The summed E-state index contributed by atoms with van der Waals surface area (Å²) in [6, 6.07) is 1.91. The monoisotopic (exact) mass is 384 g/mol. The number of carbonyl (C=O) groups is 1. The highest BCUT2D eigenvalue weighted by molar-refractivity contribution is 9.10. The van der Waals surface area contributed by atoms with Crippen molar-refractivity contribution in [3.8, 4) is 0 Å². The SMILES string of the molecule is O=C(O)CC1CCC(CNCCc2ncc(Br)cc2CO)CC1. The lowest BCUT2D eigenvalue weighted by atomic mass is 9.80. The van der Waals surface area contributed by atoms with Crippen molar-refractivity contribution in [1.82, 2.24) is 10.3 Å². The molecule has 1 fully saturated rings. The summed E-state index contributed by atoms with van der Waals surface area (Å²) in [4.78, 5) is 15.1. The third kappa shape index (κ3) is 6.20. The number of hydrogen-bond donors (Lipinski definition) is 3. The minimum Gasteiger partial charge on any atom is -0.481 e. The smallest absolute Gasteiger partial charge is 0.303 e.